The normalized spacial score (nSPS) is 42.6. The van der Waals surface area contributed by atoms with E-state index in [2.05, 4.69) is 12.2 Å². The van der Waals surface area contributed by atoms with E-state index in [1.807, 2.05) is 0 Å². The van der Waals surface area contributed by atoms with Crippen molar-refractivity contribution in [2.24, 2.45) is 11.8 Å². The van der Waals surface area contributed by atoms with Crippen LogP contribution in [0.2, 0.25) is 0 Å². The minimum absolute atomic E-state index is 0.0370. The van der Waals surface area contributed by atoms with Crippen molar-refractivity contribution in [3.8, 4) is 0 Å². The number of aliphatic hydroxyl groups excluding tert-OH is 1. The lowest BCUT2D eigenvalue weighted by atomic mass is 9.79. The summed E-state index contributed by atoms with van der Waals surface area (Å²) in [5.41, 5.74) is 0. The molecule has 0 bridgehead atoms. The smallest absolute Gasteiger partial charge is 0.161 e. The molecular weight excluding hydrogens is 140 g/mol. The molecule has 0 aromatic heterocycles. The van der Waals surface area contributed by atoms with Crippen molar-refractivity contribution in [2.45, 2.75) is 25.4 Å². The predicted octanol–water partition coefficient (Wildman–Crippen LogP) is 0.902. The van der Waals surface area contributed by atoms with Gasteiger partial charge >= 0.3 is 0 Å². The van der Waals surface area contributed by atoms with Crippen LogP contribution < -0.4 is 0 Å². The van der Waals surface area contributed by atoms with Crippen LogP contribution >= 0.6 is 0 Å². The Kier molecular flexibility index (Phi) is 1.57. The third kappa shape index (κ3) is 1.02. The first kappa shape index (κ1) is 7.04. The lowest BCUT2D eigenvalue weighted by molar-refractivity contribution is -0.133. The molecule has 0 heterocycles. The summed E-state index contributed by atoms with van der Waals surface area (Å²) in [4.78, 5) is 11.1. The van der Waals surface area contributed by atoms with Crippen molar-refractivity contribution in [1.29, 1.82) is 0 Å². The number of carbonyl (C=O) groups is 1. The summed E-state index contributed by atoms with van der Waals surface area (Å²) >= 11 is 0. The van der Waals surface area contributed by atoms with E-state index in [-0.39, 0.29) is 11.7 Å². The highest BCUT2D eigenvalue weighted by atomic mass is 16.3. The van der Waals surface area contributed by atoms with Crippen LogP contribution in [0.1, 0.15) is 19.3 Å². The maximum Gasteiger partial charge on any atom is 0.161 e. The number of fused-ring (bicyclic) bond motifs is 1. The minimum Gasteiger partial charge on any atom is -0.385 e. The fourth-order valence-electron chi connectivity index (χ4n) is 2.10. The molecule has 2 heteroatoms. The molecule has 0 aromatic carbocycles. The quantitative estimate of drug-likeness (QED) is 0.524. The topological polar surface area (TPSA) is 37.3 Å². The summed E-state index contributed by atoms with van der Waals surface area (Å²) in [6.07, 6.45) is 5.93. The summed E-state index contributed by atoms with van der Waals surface area (Å²) in [7, 11) is 0. The number of hydrogen-bond donors (Lipinski definition) is 1. The number of allylic oxidation sites excluding steroid dienone is 2. The number of ketones is 1. The molecule has 11 heavy (non-hydrogen) atoms. The molecular formula is C9H12O2. The number of rotatable bonds is 0. The second-order valence-corrected chi connectivity index (χ2v) is 3.44. The van der Waals surface area contributed by atoms with Gasteiger partial charge < -0.3 is 5.11 Å². The summed E-state index contributed by atoms with van der Waals surface area (Å²) in [6, 6.07) is 0. The fourth-order valence-corrected chi connectivity index (χ4v) is 2.10. The Bertz CT molecular complexity index is 208. The van der Waals surface area contributed by atoms with Gasteiger partial charge in [0.25, 0.3) is 0 Å². The maximum absolute atomic E-state index is 11.1. The van der Waals surface area contributed by atoms with Crippen LogP contribution in [-0.2, 0) is 4.79 Å². The average molecular weight is 152 g/mol. The van der Waals surface area contributed by atoms with Crippen molar-refractivity contribution in [3.63, 3.8) is 0 Å². The van der Waals surface area contributed by atoms with Gasteiger partial charge in [0, 0.05) is 12.3 Å². The van der Waals surface area contributed by atoms with Crippen molar-refractivity contribution >= 4 is 5.78 Å². The van der Waals surface area contributed by atoms with Gasteiger partial charge in [-0.2, -0.15) is 0 Å². The van der Waals surface area contributed by atoms with E-state index >= 15 is 0 Å². The molecule has 0 saturated heterocycles. The Morgan fingerprint density at radius 1 is 1.55 bits per heavy atom. The molecule has 1 fully saturated rings. The van der Waals surface area contributed by atoms with Gasteiger partial charge in [-0.25, -0.2) is 0 Å². The highest BCUT2D eigenvalue weighted by molar-refractivity contribution is 5.84. The Morgan fingerprint density at radius 2 is 2.36 bits per heavy atom. The Labute approximate surface area is 65.9 Å². The number of hydrogen-bond acceptors (Lipinski definition) is 2. The van der Waals surface area contributed by atoms with Crippen LogP contribution in [0.3, 0.4) is 0 Å². The third-order valence-corrected chi connectivity index (χ3v) is 2.80. The summed E-state index contributed by atoms with van der Waals surface area (Å²) < 4.78 is 0. The van der Waals surface area contributed by atoms with E-state index in [1.165, 1.54) is 0 Å². The zero-order chi connectivity index (χ0) is 7.84. The van der Waals surface area contributed by atoms with Gasteiger partial charge in [-0.1, -0.05) is 12.2 Å². The van der Waals surface area contributed by atoms with Gasteiger partial charge in [0.2, 0.25) is 0 Å². The lowest BCUT2D eigenvalue weighted by Crippen LogP contribution is -2.36. The van der Waals surface area contributed by atoms with E-state index in [1.54, 1.807) is 0 Å². The predicted molar refractivity (Wildman–Crippen MR) is 41.0 cm³/mol. The molecule has 0 radical (unpaired) electrons. The Balaban J connectivity index is 2.15. The summed E-state index contributed by atoms with van der Waals surface area (Å²) in [5.74, 6) is 0.717. The van der Waals surface area contributed by atoms with Crippen molar-refractivity contribution < 1.29 is 9.90 Å². The zero-order valence-corrected chi connectivity index (χ0v) is 6.36. The van der Waals surface area contributed by atoms with Gasteiger partial charge in [-0.15, -0.1) is 0 Å². The first-order chi connectivity index (χ1) is 5.29. The molecule has 3 atom stereocenters. The molecule has 0 spiro atoms. The third-order valence-electron chi connectivity index (χ3n) is 2.80. The van der Waals surface area contributed by atoms with Gasteiger partial charge in [0.15, 0.2) is 5.78 Å². The second-order valence-electron chi connectivity index (χ2n) is 3.44. The minimum atomic E-state index is -0.677. The van der Waals surface area contributed by atoms with Crippen molar-refractivity contribution in [2.75, 3.05) is 0 Å². The standard InChI is InChI=1S/C9H12O2/c10-8-5-4-6-2-1-3-7(6)9(8)11/h1-2,6-7,9,11H,3-5H2/t6-,7-,9+/m0/s1. The number of aliphatic hydroxyl groups is 1. The van der Waals surface area contributed by atoms with Gasteiger partial charge in [0.1, 0.15) is 6.10 Å². The average Bonchev–Trinajstić information content (AvgIpc) is 2.45. The van der Waals surface area contributed by atoms with Gasteiger partial charge in [-0.05, 0) is 18.8 Å². The largest absolute Gasteiger partial charge is 0.385 e. The molecule has 0 unspecified atom stereocenters. The van der Waals surface area contributed by atoms with Crippen molar-refractivity contribution in [1.82, 2.24) is 0 Å². The first-order valence-corrected chi connectivity index (χ1v) is 4.16. The van der Waals surface area contributed by atoms with Crippen LogP contribution in [0, 0.1) is 11.8 Å². The van der Waals surface area contributed by atoms with E-state index in [0.29, 0.717) is 12.3 Å². The highest BCUT2D eigenvalue weighted by Crippen LogP contribution is 2.36. The van der Waals surface area contributed by atoms with Crippen LogP contribution in [-0.4, -0.2) is 17.0 Å². The number of carbonyl (C=O) groups excluding carboxylic acids is 1. The van der Waals surface area contributed by atoms with Crippen LogP contribution in [0.5, 0.6) is 0 Å². The van der Waals surface area contributed by atoms with Gasteiger partial charge in [-0.3, -0.25) is 4.79 Å². The van der Waals surface area contributed by atoms with Crippen LogP contribution in [0.15, 0.2) is 12.2 Å². The fraction of sp³-hybridized carbons (Fsp3) is 0.667. The molecule has 60 valence electrons. The zero-order valence-electron chi connectivity index (χ0n) is 6.36. The van der Waals surface area contributed by atoms with Crippen LogP contribution in [0.4, 0.5) is 0 Å². The maximum atomic E-state index is 11.1. The van der Waals surface area contributed by atoms with E-state index in [9.17, 15) is 9.90 Å². The molecule has 2 aliphatic carbocycles. The summed E-state index contributed by atoms with van der Waals surface area (Å²) in [5, 5.41) is 9.46. The summed E-state index contributed by atoms with van der Waals surface area (Å²) in [6.45, 7) is 0. The molecule has 1 N–H and O–H groups in total. The molecule has 1 saturated carbocycles. The number of Topliss-reactive ketones (excluding diaryl/α,β-unsaturated/α-hetero) is 1. The molecule has 0 aromatic rings. The molecule has 0 aliphatic heterocycles. The Morgan fingerprint density at radius 3 is 3.18 bits per heavy atom. The first-order valence-electron chi connectivity index (χ1n) is 4.16. The highest BCUT2D eigenvalue weighted by Gasteiger charge is 2.37. The molecule has 2 rings (SSSR count). The van der Waals surface area contributed by atoms with E-state index < -0.39 is 6.10 Å². The van der Waals surface area contributed by atoms with Crippen LogP contribution in [0.25, 0.3) is 0 Å². The Hall–Kier alpha value is -0.630. The lowest BCUT2D eigenvalue weighted by Gasteiger charge is -2.28. The monoisotopic (exact) mass is 152 g/mol. The van der Waals surface area contributed by atoms with Crippen molar-refractivity contribution in [3.05, 3.63) is 12.2 Å². The molecule has 2 aliphatic rings. The van der Waals surface area contributed by atoms with E-state index in [4.69, 9.17) is 0 Å². The SMILES string of the molecule is O=C1CC[C@@H]2C=CC[C@@H]2[C@H]1O. The van der Waals surface area contributed by atoms with E-state index in [0.717, 1.165) is 12.8 Å². The second kappa shape index (κ2) is 2.45. The molecule has 0 amide bonds. The van der Waals surface area contributed by atoms with Gasteiger partial charge in [0.05, 0.1) is 0 Å². The molecule has 2 nitrogen and oxygen atoms in total.